The first kappa shape index (κ1) is 18.4. The van der Waals surface area contributed by atoms with Gasteiger partial charge in [0.15, 0.2) is 0 Å². The van der Waals surface area contributed by atoms with E-state index in [0.717, 1.165) is 23.3 Å². The van der Waals surface area contributed by atoms with Crippen LogP contribution in [0.2, 0.25) is 0 Å². The highest BCUT2D eigenvalue weighted by Gasteiger charge is 2.52. The van der Waals surface area contributed by atoms with E-state index in [4.69, 9.17) is 5.73 Å². The number of rotatable bonds is 7. The Hall–Kier alpha value is -2.41. The predicted octanol–water partition coefficient (Wildman–Crippen LogP) is 1.23. The summed E-state index contributed by atoms with van der Waals surface area (Å²) in [5, 5.41) is 2.81. The number of hydrogen-bond acceptors (Lipinski definition) is 4. The van der Waals surface area contributed by atoms with Crippen molar-refractivity contribution in [3.63, 3.8) is 0 Å². The Bertz CT molecular complexity index is 671. The van der Waals surface area contributed by atoms with E-state index in [9.17, 15) is 14.4 Å². The third kappa shape index (κ3) is 3.72. The number of nitrogens with two attached hydrogens (primary N) is 1. The second kappa shape index (κ2) is 7.86. The molecule has 2 fully saturated rings. The number of nitrogens with zero attached hydrogens (tertiary/aromatic N) is 2. The van der Waals surface area contributed by atoms with Gasteiger partial charge in [-0.15, -0.1) is 0 Å². The second-order valence-corrected chi connectivity index (χ2v) is 7.05. The lowest BCUT2D eigenvalue weighted by Gasteiger charge is -2.25. The quantitative estimate of drug-likeness (QED) is 0.717. The van der Waals surface area contributed by atoms with E-state index in [1.165, 1.54) is 0 Å². The van der Waals surface area contributed by atoms with Crippen LogP contribution in [0.3, 0.4) is 0 Å². The van der Waals surface area contributed by atoms with E-state index in [1.807, 2.05) is 30.3 Å². The minimum atomic E-state index is -0.779. The number of imide groups is 1. The molecule has 0 unspecified atom stereocenters. The molecule has 1 spiro atoms. The van der Waals surface area contributed by atoms with E-state index < -0.39 is 11.6 Å². The van der Waals surface area contributed by atoms with Gasteiger partial charge in [-0.05, 0) is 31.4 Å². The molecule has 1 saturated carbocycles. The van der Waals surface area contributed by atoms with Gasteiger partial charge in [0.1, 0.15) is 12.1 Å². The van der Waals surface area contributed by atoms with Gasteiger partial charge in [-0.1, -0.05) is 43.2 Å². The molecule has 3 rings (SSSR count). The third-order valence-corrected chi connectivity index (χ3v) is 5.20. The van der Waals surface area contributed by atoms with Crippen molar-refractivity contribution in [2.75, 3.05) is 19.6 Å². The second-order valence-electron chi connectivity index (χ2n) is 7.05. The largest absolute Gasteiger partial charge is 0.337 e. The summed E-state index contributed by atoms with van der Waals surface area (Å²) in [5.74, 6) is -0.493. The Kier molecular flexibility index (Phi) is 5.56. The third-order valence-electron chi connectivity index (χ3n) is 5.20. The minimum Gasteiger partial charge on any atom is -0.337 e. The van der Waals surface area contributed by atoms with Gasteiger partial charge in [0.05, 0.1) is 0 Å². The molecule has 1 aromatic carbocycles. The molecule has 1 aromatic rings. The number of carbonyl (C=O) groups is 3. The van der Waals surface area contributed by atoms with Gasteiger partial charge >= 0.3 is 6.03 Å². The topological polar surface area (TPSA) is 95.7 Å². The fourth-order valence-corrected chi connectivity index (χ4v) is 3.75. The van der Waals surface area contributed by atoms with Crippen LogP contribution in [0.15, 0.2) is 30.3 Å². The first-order valence-electron chi connectivity index (χ1n) is 9.22. The molecular weight excluding hydrogens is 332 g/mol. The van der Waals surface area contributed by atoms with E-state index in [2.05, 4.69) is 5.32 Å². The molecule has 7 heteroatoms. The monoisotopic (exact) mass is 358 g/mol. The number of carbonyl (C=O) groups excluding carboxylic acids is 3. The molecule has 0 atom stereocenters. The Morgan fingerprint density at radius 2 is 1.88 bits per heavy atom. The first-order valence-corrected chi connectivity index (χ1v) is 9.22. The normalized spacial score (nSPS) is 18.4. The van der Waals surface area contributed by atoms with Crippen molar-refractivity contribution in [3.05, 3.63) is 35.9 Å². The smallest absolute Gasteiger partial charge is 0.325 e. The molecule has 1 aliphatic carbocycles. The van der Waals surface area contributed by atoms with Gasteiger partial charge in [0, 0.05) is 13.1 Å². The maximum Gasteiger partial charge on any atom is 0.325 e. The summed E-state index contributed by atoms with van der Waals surface area (Å²) in [5.41, 5.74) is 5.81. The zero-order chi connectivity index (χ0) is 18.6. The van der Waals surface area contributed by atoms with Crippen LogP contribution in [0.1, 0.15) is 37.7 Å². The van der Waals surface area contributed by atoms with E-state index in [-0.39, 0.29) is 18.4 Å². The standard InChI is InChI=1S/C19H26N4O3/c20-11-6-12-22(13-15-7-2-1-3-8-15)16(24)14-23-17(25)19(21-18(23)26)9-4-5-10-19/h1-3,7-8H,4-6,9-14,20H2,(H,21,26). The fraction of sp³-hybridized carbons (Fsp3) is 0.526. The Morgan fingerprint density at radius 3 is 2.54 bits per heavy atom. The summed E-state index contributed by atoms with van der Waals surface area (Å²) in [6, 6.07) is 9.20. The maximum atomic E-state index is 12.8. The van der Waals surface area contributed by atoms with Crippen molar-refractivity contribution in [1.82, 2.24) is 15.1 Å². The lowest BCUT2D eigenvalue weighted by atomic mass is 9.98. The van der Waals surface area contributed by atoms with Gasteiger partial charge in [-0.2, -0.15) is 0 Å². The van der Waals surface area contributed by atoms with Crippen molar-refractivity contribution in [2.24, 2.45) is 5.73 Å². The summed E-state index contributed by atoms with van der Waals surface area (Å²) in [6.45, 7) is 1.20. The molecule has 1 saturated heterocycles. The predicted molar refractivity (Wildman–Crippen MR) is 97.0 cm³/mol. The molecule has 2 aliphatic rings. The molecule has 1 heterocycles. The Morgan fingerprint density at radius 1 is 1.19 bits per heavy atom. The van der Waals surface area contributed by atoms with Gasteiger partial charge < -0.3 is 16.0 Å². The lowest BCUT2D eigenvalue weighted by molar-refractivity contribution is -0.139. The fourth-order valence-electron chi connectivity index (χ4n) is 3.75. The summed E-state index contributed by atoms with van der Waals surface area (Å²) < 4.78 is 0. The van der Waals surface area contributed by atoms with Crippen LogP contribution in [-0.4, -0.2) is 52.8 Å². The summed E-state index contributed by atoms with van der Waals surface area (Å²) in [7, 11) is 0. The summed E-state index contributed by atoms with van der Waals surface area (Å²) >= 11 is 0. The van der Waals surface area contributed by atoms with Crippen LogP contribution in [0.4, 0.5) is 4.79 Å². The van der Waals surface area contributed by atoms with Crippen LogP contribution in [0.5, 0.6) is 0 Å². The lowest BCUT2D eigenvalue weighted by Crippen LogP contribution is -2.46. The zero-order valence-corrected chi connectivity index (χ0v) is 14.9. The van der Waals surface area contributed by atoms with E-state index in [0.29, 0.717) is 38.9 Å². The first-order chi connectivity index (χ1) is 12.6. The van der Waals surface area contributed by atoms with E-state index in [1.54, 1.807) is 4.90 Å². The average Bonchev–Trinajstić information content (AvgIpc) is 3.20. The number of nitrogens with one attached hydrogen (secondary N) is 1. The maximum absolute atomic E-state index is 12.8. The van der Waals surface area contributed by atoms with Crippen LogP contribution in [-0.2, 0) is 16.1 Å². The van der Waals surface area contributed by atoms with Crippen molar-refractivity contribution < 1.29 is 14.4 Å². The Labute approximate surface area is 153 Å². The zero-order valence-electron chi connectivity index (χ0n) is 14.9. The summed E-state index contributed by atoms with van der Waals surface area (Å²) in [4.78, 5) is 40.6. The van der Waals surface area contributed by atoms with Crippen LogP contribution in [0, 0.1) is 0 Å². The van der Waals surface area contributed by atoms with E-state index >= 15 is 0 Å². The van der Waals surface area contributed by atoms with Crippen molar-refractivity contribution in [3.8, 4) is 0 Å². The number of benzene rings is 1. The van der Waals surface area contributed by atoms with Crippen molar-refractivity contribution in [2.45, 2.75) is 44.2 Å². The highest BCUT2D eigenvalue weighted by molar-refractivity contribution is 6.09. The molecular formula is C19H26N4O3. The molecule has 3 N–H and O–H groups in total. The molecule has 1 aliphatic heterocycles. The molecule has 4 amide bonds. The molecule has 0 bridgehead atoms. The minimum absolute atomic E-state index is 0.218. The summed E-state index contributed by atoms with van der Waals surface area (Å²) in [6.07, 6.45) is 3.82. The number of urea groups is 1. The van der Waals surface area contributed by atoms with Gasteiger partial charge in [0.25, 0.3) is 5.91 Å². The van der Waals surface area contributed by atoms with Crippen LogP contribution < -0.4 is 11.1 Å². The molecule has 0 aromatic heterocycles. The molecule has 7 nitrogen and oxygen atoms in total. The number of hydrogen-bond donors (Lipinski definition) is 2. The van der Waals surface area contributed by atoms with Gasteiger partial charge in [-0.3, -0.25) is 14.5 Å². The van der Waals surface area contributed by atoms with Gasteiger partial charge in [-0.25, -0.2) is 4.79 Å². The van der Waals surface area contributed by atoms with Crippen LogP contribution >= 0.6 is 0 Å². The number of amides is 4. The Balaban J connectivity index is 1.68. The highest BCUT2D eigenvalue weighted by Crippen LogP contribution is 2.34. The van der Waals surface area contributed by atoms with Crippen molar-refractivity contribution >= 4 is 17.8 Å². The average molecular weight is 358 g/mol. The van der Waals surface area contributed by atoms with Crippen molar-refractivity contribution in [1.29, 1.82) is 0 Å². The highest BCUT2D eigenvalue weighted by atomic mass is 16.2. The SMILES string of the molecule is NCCCN(Cc1ccccc1)C(=O)CN1C(=O)NC2(CCCC2)C1=O. The molecule has 0 radical (unpaired) electrons. The van der Waals surface area contributed by atoms with Gasteiger partial charge in [0.2, 0.25) is 5.91 Å². The van der Waals surface area contributed by atoms with Crippen LogP contribution in [0.25, 0.3) is 0 Å². The molecule has 140 valence electrons. The molecule has 26 heavy (non-hydrogen) atoms.